The second-order valence-electron chi connectivity index (χ2n) is 7.40. The van der Waals surface area contributed by atoms with Gasteiger partial charge >= 0.3 is 0 Å². The lowest BCUT2D eigenvalue weighted by molar-refractivity contribution is -0.132. The Morgan fingerprint density at radius 3 is 2.57 bits per heavy atom. The first-order valence-electron chi connectivity index (χ1n) is 9.42. The molecule has 1 aromatic carbocycles. The van der Waals surface area contributed by atoms with Gasteiger partial charge in [0.15, 0.2) is 0 Å². The van der Waals surface area contributed by atoms with Crippen molar-refractivity contribution < 1.29 is 9.59 Å². The molecule has 0 aliphatic heterocycles. The minimum absolute atomic E-state index is 0.0137. The molecule has 0 bridgehead atoms. The molecule has 1 N–H and O–H groups in total. The fourth-order valence-electron chi connectivity index (χ4n) is 3.04. The van der Waals surface area contributed by atoms with Gasteiger partial charge in [0.25, 0.3) is 0 Å². The van der Waals surface area contributed by atoms with E-state index in [-0.39, 0.29) is 24.8 Å². The van der Waals surface area contributed by atoms with E-state index in [1.54, 1.807) is 18.8 Å². The van der Waals surface area contributed by atoms with Crippen molar-refractivity contribution >= 4 is 29.3 Å². The number of carbonyl (C=O) groups excluding carboxylic acids is 2. The Balaban J connectivity index is 1.99. The van der Waals surface area contributed by atoms with Crippen LogP contribution in [0.3, 0.4) is 0 Å². The van der Waals surface area contributed by atoms with Crippen molar-refractivity contribution in [1.29, 1.82) is 0 Å². The lowest BCUT2D eigenvalue weighted by Crippen LogP contribution is -2.36. The van der Waals surface area contributed by atoms with Crippen molar-refractivity contribution in [2.75, 3.05) is 25.2 Å². The summed E-state index contributed by atoms with van der Waals surface area (Å²) in [7, 11) is 1.66. The molecule has 0 spiro atoms. The number of para-hydroxylation sites is 1. The van der Waals surface area contributed by atoms with Crippen molar-refractivity contribution in [3.8, 4) is 0 Å². The Labute approximate surface area is 171 Å². The summed E-state index contributed by atoms with van der Waals surface area (Å²) in [6.45, 7) is 9.05. The van der Waals surface area contributed by atoms with E-state index in [0.29, 0.717) is 5.92 Å². The second kappa shape index (κ2) is 9.78. The standard InChI is InChI=1S/C21H30N4O2S/c1-14(2)12-25-16(4)17(15(3)23-25)11-21(27)24(5)13-20(26)22-18-9-7-8-10-19(18)28-6/h7-10,14H,11-13H2,1-6H3,(H,22,26). The summed E-state index contributed by atoms with van der Waals surface area (Å²) < 4.78 is 1.97. The molecule has 0 saturated carbocycles. The third-order valence-corrected chi connectivity index (χ3v) is 5.38. The SMILES string of the molecule is CSc1ccccc1NC(=O)CN(C)C(=O)Cc1c(C)nn(CC(C)C)c1C. The van der Waals surface area contributed by atoms with Gasteiger partial charge in [0, 0.05) is 29.7 Å². The van der Waals surface area contributed by atoms with E-state index >= 15 is 0 Å². The lowest BCUT2D eigenvalue weighted by Gasteiger charge is -2.18. The molecule has 2 aromatic rings. The summed E-state index contributed by atoms with van der Waals surface area (Å²) in [5.74, 6) is 0.182. The monoisotopic (exact) mass is 402 g/mol. The fourth-order valence-corrected chi connectivity index (χ4v) is 3.59. The zero-order chi connectivity index (χ0) is 20.8. The molecular weight excluding hydrogens is 372 g/mol. The minimum Gasteiger partial charge on any atom is -0.336 e. The van der Waals surface area contributed by atoms with E-state index in [1.165, 1.54) is 4.90 Å². The predicted octanol–water partition coefficient (Wildman–Crippen LogP) is 3.52. The van der Waals surface area contributed by atoms with Crippen molar-refractivity contribution in [3.05, 3.63) is 41.2 Å². The highest BCUT2D eigenvalue weighted by Gasteiger charge is 2.19. The molecule has 0 saturated heterocycles. The van der Waals surface area contributed by atoms with E-state index < -0.39 is 0 Å². The van der Waals surface area contributed by atoms with Gasteiger partial charge in [-0.2, -0.15) is 5.10 Å². The molecule has 1 heterocycles. The van der Waals surface area contributed by atoms with Crippen LogP contribution in [0.25, 0.3) is 0 Å². The molecule has 0 radical (unpaired) electrons. The number of nitrogens with zero attached hydrogens (tertiary/aromatic N) is 3. The third-order valence-electron chi connectivity index (χ3n) is 4.59. The number of carbonyl (C=O) groups is 2. The van der Waals surface area contributed by atoms with Gasteiger partial charge in [-0.25, -0.2) is 0 Å². The van der Waals surface area contributed by atoms with Gasteiger partial charge in [-0.15, -0.1) is 11.8 Å². The molecule has 6 nitrogen and oxygen atoms in total. The van der Waals surface area contributed by atoms with Crippen LogP contribution >= 0.6 is 11.8 Å². The summed E-state index contributed by atoms with van der Waals surface area (Å²) in [5.41, 5.74) is 3.61. The van der Waals surface area contributed by atoms with Crippen LogP contribution in [-0.2, 0) is 22.6 Å². The van der Waals surface area contributed by atoms with Gasteiger partial charge in [-0.05, 0) is 38.2 Å². The summed E-state index contributed by atoms with van der Waals surface area (Å²) in [6, 6.07) is 7.63. The van der Waals surface area contributed by atoms with Gasteiger partial charge in [0.05, 0.1) is 24.3 Å². The largest absolute Gasteiger partial charge is 0.336 e. The first-order chi connectivity index (χ1) is 13.2. The van der Waals surface area contributed by atoms with Crippen molar-refractivity contribution in [2.45, 2.75) is 45.6 Å². The molecule has 2 amide bonds. The van der Waals surface area contributed by atoms with Crippen LogP contribution in [0.15, 0.2) is 29.2 Å². The van der Waals surface area contributed by atoms with Crippen molar-refractivity contribution in [3.63, 3.8) is 0 Å². The molecule has 28 heavy (non-hydrogen) atoms. The van der Waals surface area contributed by atoms with E-state index in [1.807, 2.05) is 49.1 Å². The number of hydrogen-bond donors (Lipinski definition) is 1. The highest BCUT2D eigenvalue weighted by Crippen LogP contribution is 2.24. The maximum atomic E-state index is 12.7. The Morgan fingerprint density at radius 2 is 1.93 bits per heavy atom. The van der Waals surface area contributed by atoms with E-state index in [4.69, 9.17) is 0 Å². The van der Waals surface area contributed by atoms with Crippen LogP contribution in [0, 0.1) is 19.8 Å². The van der Waals surface area contributed by atoms with Gasteiger partial charge in [-0.3, -0.25) is 14.3 Å². The number of rotatable bonds is 8. The summed E-state index contributed by atoms with van der Waals surface area (Å²) in [6.07, 6.45) is 2.21. The average molecular weight is 403 g/mol. The zero-order valence-corrected chi connectivity index (χ0v) is 18.4. The Hall–Kier alpha value is -2.28. The van der Waals surface area contributed by atoms with Gasteiger partial charge in [-0.1, -0.05) is 26.0 Å². The average Bonchev–Trinajstić information content (AvgIpc) is 2.88. The van der Waals surface area contributed by atoms with Crippen LogP contribution in [0.4, 0.5) is 5.69 Å². The first-order valence-corrected chi connectivity index (χ1v) is 10.6. The number of thioether (sulfide) groups is 1. The molecule has 7 heteroatoms. The number of benzene rings is 1. The van der Waals surface area contributed by atoms with Crippen LogP contribution < -0.4 is 5.32 Å². The number of anilines is 1. The Kier molecular flexibility index (Phi) is 7.69. The second-order valence-corrected chi connectivity index (χ2v) is 8.25. The summed E-state index contributed by atoms with van der Waals surface area (Å²) in [4.78, 5) is 27.5. The number of nitrogens with one attached hydrogen (secondary N) is 1. The topological polar surface area (TPSA) is 67.2 Å². The lowest BCUT2D eigenvalue weighted by atomic mass is 10.1. The van der Waals surface area contributed by atoms with Crippen LogP contribution in [-0.4, -0.2) is 46.3 Å². The molecular formula is C21H30N4O2S. The van der Waals surface area contributed by atoms with E-state index in [9.17, 15) is 9.59 Å². The summed E-state index contributed by atoms with van der Waals surface area (Å²) >= 11 is 1.57. The highest BCUT2D eigenvalue weighted by molar-refractivity contribution is 7.98. The van der Waals surface area contributed by atoms with Gasteiger partial charge in [0.1, 0.15) is 0 Å². The van der Waals surface area contributed by atoms with Crippen molar-refractivity contribution in [1.82, 2.24) is 14.7 Å². The Bertz CT molecular complexity index is 845. The first kappa shape index (κ1) is 22.0. The van der Waals surface area contributed by atoms with Gasteiger partial charge < -0.3 is 10.2 Å². The molecule has 0 unspecified atom stereocenters. The number of amides is 2. The normalized spacial score (nSPS) is 11.0. The van der Waals surface area contributed by atoms with E-state index in [0.717, 1.165) is 34.1 Å². The molecule has 2 rings (SSSR count). The molecule has 0 aliphatic carbocycles. The van der Waals surface area contributed by atoms with Gasteiger partial charge in [0.2, 0.25) is 11.8 Å². The number of aryl methyl sites for hydroxylation is 1. The molecule has 0 atom stereocenters. The van der Waals surface area contributed by atoms with Crippen molar-refractivity contribution in [2.24, 2.45) is 5.92 Å². The fraction of sp³-hybridized carbons (Fsp3) is 0.476. The maximum absolute atomic E-state index is 12.7. The number of hydrogen-bond acceptors (Lipinski definition) is 4. The van der Waals surface area contributed by atoms with Crippen LogP contribution in [0.1, 0.15) is 30.8 Å². The van der Waals surface area contributed by atoms with E-state index in [2.05, 4.69) is 24.3 Å². The maximum Gasteiger partial charge on any atom is 0.244 e. The smallest absolute Gasteiger partial charge is 0.244 e. The molecule has 0 aliphatic rings. The van der Waals surface area contributed by atoms with Crippen LogP contribution in [0.2, 0.25) is 0 Å². The number of likely N-dealkylation sites (N-methyl/N-ethyl adjacent to an activating group) is 1. The highest BCUT2D eigenvalue weighted by atomic mass is 32.2. The quantitative estimate of drug-likeness (QED) is 0.686. The number of aromatic nitrogens is 2. The molecule has 152 valence electrons. The Morgan fingerprint density at radius 1 is 1.25 bits per heavy atom. The van der Waals surface area contributed by atoms with Crippen LogP contribution in [0.5, 0.6) is 0 Å². The zero-order valence-electron chi connectivity index (χ0n) is 17.6. The summed E-state index contributed by atoms with van der Waals surface area (Å²) in [5, 5.41) is 7.45. The molecule has 1 aromatic heterocycles. The molecule has 0 fully saturated rings. The predicted molar refractivity (Wildman–Crippen MR) is 115 cm³/mol. The third kappa shape index (κ3) is 5.61. The minimum atomic E-state index is -0.207.